The van der Waals surface area contributed by atoms with Crippen LogP contribution in [0.15, 0.2) is 33.0 Å². The van der Waals surface area contributed by atoms with Crippen molar-refractivity contribution in [2.75, 3.05) is 0 Å². The molecule has 5 nitrogen and oxygen atoms in total. The molecule has 0 aliphatic rings. The SMILES string of the molecule is O=C(O)/C(I)=C\n1cnc(-c2cc(C(F)(F)F)cc(S(F)(F)(F)(F)F)c2)n1. The Labute approximate surface area is 158 Å². The van der Waals surface area contributed by atoms with Gasteiger partial charge in [0.15, 0.2) is 5.82 Å². The van der Waals surface area contributed by atoms with Gasteiger partial charge in [0.1, 0.15) is 14.8 Å². The third-order valence-electron chi connectivity index (χ3n) is 2.90. The maximum Gasteiger partial charge on any atom is 0.416 e. The van der Waals surface area contributed by atoms with Gasteiger partial charge in [0.25, 0.3) is 0 Å². The molecule has 1 heterocycles. The van der Waals surface area contributed by atoms with Crippen molar-refractivity contribution in [1.82, 2.24) is 14.8 Å². The van der Waals surface area contributed by atoms with Crippen molar-refractivity contribution < 1.29 is 42.5 Å². The van der Waals surface area contributed by atoms with Gasteiger partial charge in [-0.15, -0.1) is 5.10 Å². The Morgan fingerprint density at radius 3 is 2.22 bits per heavy atom. The summed E-state index contributed by atoms with van der Waals surface area (Å²) in [4.78, 5) is 11.4. The number of benzene rings is 1. The molecule has 0 fully saturated rings. The minimum Gasteiger partial charge on any atom is -0.477 e. The highest BCUT2D eigenvalue weighted by Crippen LogP contribution is 3.02. The molecule has 0 saturated carbocycles. The molecule has 1 aromatic heterocycles. The van der Waals surface area contributed by atoms with Crippen molar-refractivity contribution >= 4 is 45.0 Å². The molecule has 27 heavy (non-hydrogen) atoms. The molecule has 0 amide bonds. The quantitative estimate of drug-likeness (QED) is 0.299. The Morgan fingerprint density at radius 2 is 1.74 bits per heavy atom. The van der Waals surface area contributed by atoms with Gasteiger partial charge in [-0.1, -0.05) is 19.4 Å². The fourth-order valence-electron chi connectivity index (χ4n) is 1.76. The molecule has 15 heteroatoms. The van der Waals surface area contributed by atoms with E-state index in [0.717, 1.165) is 12.5 Å². The van der Waals surface area contributed by atoms with E-state index in [0.29, 0.717) is 4.68 Å². The molecular weight excluding hydrogens is 529 g/mol. The van der Waals surface area contributed by atoms with Crippen LogP contribution in [0.25, 0.3) is 17.6 Å². The van der Waals surface area contributed by atoms with Gasteiger partial charge in [-0.25, -0.2) is 14.5 Å². The van der Waals surface area contributed by atoms with Crippen LogP contribution in [0, 0.1) is 0 Å². The second-order valence-corrected chi connectivity index (χ2v) is 8.61. The summed E-state index contributed by atoms with van der Waals surface area (Å²) in [5.74, 6) is -2.12. The third kappa shape index (κ3) is 5.30. The second-order valence-electron chi connectivity index (χ2n) is 5.04. The lowest BCUT2D eigenvalue weighted by Crippen LogP contribution is -2.11. The Morgan fingerprint density at radius 1 is 1.15 bits per heavy atom. The lowest BCUT2D eigenvalue weighted by atomic mass is 10.1. The third-order valence-corrected chi connectivity index (χ3v) is 4.76. The topological polar surface area (TPSA) is 68.0 Å². The van der Waals surface area contributed by atoms with Gasteiger partial charge < -0.3 is 5.11 Å². The second kappa shape index (κ2) is 5.79. The Kier molecular flexibility index (Phi) is 4.59. The molecule has 2 rings (SSSR count). The van der Waals surface area contributed by atoms with E-state index in [1.165, 1.54) is 22.6 Å². The van der Waals surface area contributed by atoms with Crippen LogP contribution in [0.3, 0.4) is 0 Å². The lowest BCUT2D eigenvalue weighted by molar-refractivity contribution is -0.137. The van der Waals surface area contributed by atoms with Gasteiger partial charge >= 0.3 is 22.4 Å². The largest absolute Gasteiger partial charge is 0.477 e. The number of aromatic nitrogens is 3. The molecule has 0 aliphatic heterocycles. The van der Waals surface area contributed by atoms with Gasteiger partial charge in [-0.3, -0.25) is 0 Å². The monoisotopic (exact) mass is 535 g/mol. The summed E-state index contributed by atoms with van der Waals surface area (Å²) in [7, 11) is -10.4. The number of carboxylic acids is 1. The van der Waals surface area contributed by atoms with Crippen molar-refractivity contribution in [2.45, 2.75) is 11.1 Å². The smallest absolute Gasteiger partial charge is 0.416 e. The van der Waals surface area contributed by atoms with E-state index in [-0.39, 0.29) is 15.7 Å². The van der Waals surface area contributed by atoms with Crippen LogP contribution in [0.2, 0.25) is 0 Å². The number of carboxylic acid groups (broad SMARTS) is 1. The maximum absolute atomic E-state index is 13.0. The highest BCUT2D eigenvalue weighted by atomic mass is 127. The molecular formula is C12H6F8IN3O2S. The van der Waals surface area contributed by atoms with E-state index in [9.17, 15) is 37.4 Å². The fourth-order valence-corrected chi connectivity index (χ4v) is 2.74. The first-order valence-corrected chi connectivity index (χ1v) is 9.38. The van der Waals surface area contributed by atoms with Crippen molar-refractivity contribution in [3.8, 4) is 11.4 Å². The van der Waals surface area contributed by atoms with E-state index in [4.69, 9.17) is 5.11 Å². The number of rotatable bonds is 4. The van der Waals surface area contributed by atoms with Crippen LogP contribution in [-0.4, -0.2) is 25.8 Å². The molecule has 0 spiro atoms. The van der Waals surface area contributed by atoms with Gasteiger partial charge in [0.2, 0.25) is 0 Å². The van der Waals surface area contributed by atoms with E-state index in [2.05, 4.69) is 10.1 Å². The molecule has 150 valence electrons. The molecule has 0 saturated heterocycles. The minimum atomic E-state index is -10.4. The molecule has 1 N–H and O–H groups in total. The van der Waals surface area contributed by atoms with E-state index >= 15 is 0 Å². The molecule has 1 aromatic carbocycles. The maximum atomic E-state index is 13.0. The molecule has 0 unspecified atom stereocenters. The first kappa shape index (κ1) is 21.4. The summed E-state index contributed by atoms with van der Waals surface area (Å²) in [6, 6.07) is -0.698. The summed E-state index contributed by atoms with van der Waals surface area (Å²) in [6.07, 6.45) is -3.69. The van der Waals surface area contributed by atoms with Gasteiger partial charge in [0.05, 0.1) is 11.8 Å². The van der Waals surface area contributed by atoms with Crippen molar-refractivity contribution in [3.63, 3.8) is 0 Å². The summed E-state index contributed by atoms with van der Waals surface area (Å²) >= 11 is 1.38. The number of alkyl halides is 3. The zero-order chi connectivity index (χ0) is 20.9. The van der Waals surface area contributed by atoms with Crippen molar-refractivity contribution in [3.05, 3.63) is 33.7 Å². The number of carbonyl (C=O) groups is 1. The number of nitrogens with zero attached hydrogens (tertiary/aromatic N) is 3. The summed E-state index contributed by atoms with van der Waals surface area (Å²) in [5.41, 5.74) is -2.93. The lowest BCUT2D eigenvalue weighted by Gasteiger charge is -2.40. The Balaban J connectivity index is 2.67. The van der Waals surface area contributed by atoms with Gasteiger partial charge in [-0.2, -0.15) is 13.2 Å². The minimum absolute atomic E-state index is 0.179. The fraction of sp³-hybridized carbons (Fsp3) is 0.0833. The van der Waals surface area contributed by atoms with Gasteiger partial charge in [0, 0.05) is 5.56 Å². The predicted molar refractivity (Wildman–Crippen MR) is 87.8 cm³/mol. The zero-order valence-corrected chi connectivity index (χ0v) is 15.4. The van der Waals surface area contributed by atoms with E-state index in [1.54, 1.807) is 0 Å². The first-order valence-electron chi connectivity index (χ1n) is 6.35. The zero-order valence-electron chi connectivity index (χ0n) is 12.4. The molecule has 0 aliphatic carbocycles. The standard InChI is InChI=1S/C12H6F8IN3O2S/c13-12(14,15)7-1-6(2-8(3-7)27(16,17,18,19)20)10-22-5-24(23-10)4-9(21)11(25)26/h1-5H,(H,25,26)/b9-4+. The summed E-state index contributed by atoms with van der Waals surface area (Å²) < 4.78 is 104. The number of hydrogen-bond donors (Lipinski definition) is 1. The van der Waals surface area contributed by atoms with Crippen LogP contribution in [0.4, 0.5) is 32.6 Å². The van der Waals surface area contributed by atoms with E-state index < -0.39 is 50.3 Å². The number of hydrogen-bond acceptors (Lipinski definition) is 3. The molecule has 2 aromatic rings. The Bertz CT molecular complexity index is 952. The van der Waals surface area contributed by atoms with Crippen LogP contribution >= 0.6 is 32.8 Å². The van der Waals surface area contributed by atoms with Crippen LogP contribution < -0.4 is 0 Å². The summed E-state index contributed by atoms with van der Waals surface area (Å²) in [5, 5.41) is 12.2. The van der Waals surface area contributed by atoms with E-state index in [1.807, 2.05) is 0 Å². The van der Waals surface area contributed by atoms with Crippen LogP contribution in [0.5, 0.6) is 0 Å². The summed E-state index contributed by atoms with van der Waals surface area (Å²) in [6.45, 7) is 0. The highest BCUT2D eigenvalue weighted by Gasteiger charge is 2.66. The van der Waals surface area contributed by atoms with Gasteiger partial charge in [-0.05, 0) is 40.8 Å². The molecule has 0 atom stereocenters. The number of halogens is 9. The highest BCUT2D eigenvalue weighted by molar-refractivity contribution is 14.1. The van der Waals surface area contributed by atoms with Crippen LogP contribution in [-0.2, 0) is 11.0 Å². The predicted octanol–water partition coefficient (Wildman–Crippen LogP) is 5.94. The van der Waals surface area contributed by atoms with Crippen molar-refractivity contribution in [1.29, 1.82) is 0 Å². The molecule has 0 bridgehead atoms. The number of aliphatic carboxylic acids is 1. The normalized spacial score (nSPS) is 16.0. The van der Waals surface area contributed by atoms with Crippen molar-refractivity contribution in [2.24, 2.45) is 0 Å². The Hall–Kier alpha value is -1.91. The van der Waals surface area contributed by atoms with Crippen LogP contribution in [0.1, 0.15) is 5.56 Å². The first-order chi connectivity index (χ1) is 11.9. The average Bonchev–Trinajstić information content (AvgIpc) is 2.92. The average molecular weight is 535 g/mol. The molecule has 0 radical (unpaired) electrons.